The quantitative estimate of drug-likeness (QED) is 0.424. The molecule has 2 aromatic carbocycles. The lowest BCUT2D eigenvalue weighted by atomic mass is 10.1. The molecule has 2 amide bonds. The second-order valence-corrected chi connectivity index (χ2v) is 8.05. The molecular weight excluding hydrogens is 448 g/mol. The zero-order chi connectivity index (χ0) is 21.5. The highest BCUT2D eigenvalue weighted by molar-refractivity contribution is 9.10. The number of halogens is 1. The summed E-state index contributed by atoms with van der Waals surface area (Å²) in [6, 6.07) is 15.5. The van der Waals surface area contributed by atoms with Gasteiger partial charge in [0.1, 0.15) is 5.75 Å². The van der Waals surface area contributed by atoms with Crippen molar-refractivity contribution in [3.05, 3.63) is 76.7 Å². The smallest absolute Gasteiger partial charge is 0.291 e. The molecule has 0 saturated heterocycles. The third-order valence-corrected chi connectivity index (χ3v) is 4.76. The van der Waals surface area contributed by atoms with Crippen molar-refractivity contribution in [2.75, 3.05) is 17.2 Å². The average molecular weight is 471 g/mol. The first-order valence-corrected chi connectivity index (χ1v) is 10.4. The molecule has 0 saturated carbocycles. The molecule has 156 valence electrons. The number of furan rings is 1. The van der Waals surface area contributed by atoms with Crippen molar-refractivity contribution in [2.24, 2.45) is 5.92 Å². The summed E-state index contributed by atoms with van der Waals surface area (Å²) in [4.78, 5) is 25.0. The average Bonchev–Trinajstić information content (AvgIpc) is 3.24. The first kappa shape index (κ1) is 21.6. The molecule has 0 spiro atoms. The summed E-state index contributed by atoms with van der Waals surface area (Å²) in [7, 11) is 0. The first-order chi connectivity index (χ1) is 14.4. The number of nitrogens with one attached hydrogen (secondary N) is 2. The Morgan fingerprint density at radius 2 is 1.73 bits per heavy atom. The molecule has 2 N–H and O–H groups in total. The molecule has 0 radical (unpaired) electrons. The van der Waals surface area contributed by atoms with Gasteiger partial charge in [0.05, 0.1) is 18.4 Å². The molecule has 0 fully saturated rings. The van der Waals surface area contributed by atoms with Crippen LogP contribution in [0.3, 0.4) is 0 Å². The van der Waals surface area contributed by atoms with Crippen LogP contribution >= 0.6 is 15.9 Å². The number of anilines is 2. The van der Waals surface area contributed by atoms with Crippen molar-refractivity contribution in [3.63, 3.8) is 0 Å². The number of hydrogen-bond acceptors (Lipinski definition) is 4. The molecule has 3 aromatic rings. The second kappa shape index (κ2) is 10.1. The van der Waals surface area contributed by atoms with E-state index in [2.05, 4.69) is 40.4 Å². The maximum Gasteiger partial charge on any atom is 0.291 e. The number of benzene rings is 2. The minimum atomic E-state index is -0.365. The van der Waals surface area contributed by atoms with Gasteiger partial charge >= 0.3 is 0 Å². The Morgan fingerprint density at radius 3 is 2.40 bits per heavy atom. The molecule has 0 aliphatic heterocycles. The van der Waals surface area contributed by atoms with E-state index in [1.165, 1.54) is 6.26 Å². The Balaban J connectivity index is 1.71. The lowest BCUT2D eigenvalue weighted by molar-refractivity contribution is 0.0994. The fraction of sp³-hybridized carbons (Fsp3) is 0.217. The van der Waals surface area contributed by atoms with Crippen LogP contribution in [0.15, 0.2) is 69.8 Å². The van der Waals surface area contributed by atoms with E-state index in [0.717, 1.165) is 10.9 Å². The zero-order valence-electron chi connectivity index (χ0n) is 16.8. The molecular formula is C23H23BrN2O4. The molecule has 30 heavy (non-hydrogen) atoms. The van der Waals surface area contributed by atoms with Gasteiger partial charge in [-0.05, 0) is 60.9 Å². The molecule has 7 heteroatoms. The van der Waals surface area contributed by atoms with Crippen LogP contribution in [0.1, 0.15) is 41.2 Å². The standard InChI is InChI=1S/C23H23BrN2O4/c1-15(2)10-12-30-20-9-8-16(24)13-19(20)22(27)25-17-5-3-6-18(14-17)26-23(28)21-7-4-11-29-21/h3-9,11,13-15H,10,12H2,1-2H3,(H,25,27)(H,26,28). The summed E-state index contributed by atoms with van der Waals surface area (Å²) < 4.78 is 11.7. The molecule has 0 aliphatic carbocycles. The minimum absolute atomic E-state index is 0.210. The Kier molecular flexibility index (Phi) is 7.30. The Bertz CT molecular complexity index is 1020. The van der Waals surface area contributed by atoms with E-state index in [1.807, 2.05) is 6.07 Å². The normalized spacial score (nSPS) is 10.7. The predicted molar refractivity (Wildman–Crippen MR) is 120 cm³/mol. The summed E-state index contributed by atoms with van der Waals surface area (Å²) in [5.41, 5.74) is 1.51. The van der Waals surface area contributed by atoms with Crippen LogP contribution in [0.2, 0.25) is 0 Å². The molecule has 3 rings (SSSR count). The minimum Gasteiger partial charge on any atom is -0.493 e. The van der Waals surface area contributed by atoms with Gasteiger partial charge in [0, 0.05) is 15.8 Å². The zero-order valence-corrected chi connectivity index (χ0v) is 18.4. The van der Waals surface area contributed by atoms with Gasteiger partial charge in [-0.15, -0.1) is 0 Å². The van der Waals surface area contributed by atoms with E-state index in [4.69, 9.17) is 9.15 Å². The molecule has 1 aromatic heterocycles. The van der Waals surface area contributed by atoms with Crippen LogP contribution in [-0.2, 0) is 0 Å². The summed E-state index contributed by atoms with van der Waals surface area (Å²) in [5, 5.41) is 5.60. The lowest BCUT2D eigenvalue weighted by Crippen LogP contribution is -2.15. The maximum absolute atomic E-state index is 12.9. The molecule has 0 atom stereocenters. The summed E-state index contributed by atoms with van der Waals surface area (Å²) in [6.07, 6.45) is 2.33. The molecule has 6 nitrogen and oxygen atoms in total. The van der Waals surface area contributed by atoms with Crippen molar-refractivity contribution >= 4 is 39.1 Å². The van der Waals surface area contributed by atoms with Gasteiger partial charge in [-0.1, -0.05) is 35.8 Å². The summed E-state index contributed by atoms with van der Waals surface area (Å²) in [6.45, 7) is 4.78. The van der Waals surface area contributed by atoms with Crippen molar-refractivity contribution < 1.29 is 18.7 Å². The maximum atomic E-state index is 12.9. The van der Waals surface area contributed by atoms with Gasteiger partial charge in [-0.25, -0.2) is 0 Å². The summed E-state index contributed by atoms with van der Waals surface area (Å²) in [5.74, 6) is 0.582. The van der Waals surface area contributed by atoms with E-state index in [9.17, 15) is 9.59 Å². The van der Waals surface area contributed by atoms with Crippen molar-refractivity contribution in [1.29, 1.82) is 0 Å². The highest BCUT2D eigenvalue weighted by atomic mass is 79.9. The highest BCUT2D eigenvalue weighted by Crippen LogP contribution is 2.25. The Hall–Kier alpha value is -3.06. The molecule has 0 unspecified atom stereocenters. The third kappa shape index (κ3) is 5.97. The molecule has 1 heterocycles. The van der Waals surface area contributed by atoms with Crippen LogP contribution < -0.4 is 15.4 Å². The van der Waals surface area contributed by atoms with Crippen molar-refractivity contribution in [3.8, 4) is 5.75 Å². The lowest BCUT2D eigenvalue weighted by Gasteiger charge is -2.14. The topological polar surface area (TPSA) is 80.6 Å². The fourth-order valence-electron chi connectivity index (χ4n) is 2.68. The number of carbonyl (C=O) groups excluding carboxylic acids is 2. The number of hydrogen-bond donors (Lipinski definition) is 2. The number of amides is 2. The highest BCUT2D eigenvalue weighted by Gasteiger charge is 2.15. The van der Waals surface area contributed by atoms with E-state index in [-0.39, 0.29) is 17.6 Å². The predicted octanol–water partition coefficient (Wildman–Crippen LogP) is 5.97. The Morgan fingerprint density at radius 1 is 1.00 bits per heavy atom. The molecule has 0 bridgehead atoms. The second-order valence-electron chi connectivity index (χ2n) is 7.14. The van der Waals surface area contributed by atoms with E-state index >= 15 is 0 Å². The van der Waals surface area contributed by atoms with E-state index < -0.39 is 0 Å². The van der Waals surface area contributed by atoms with Crippen LogP contribution in [0.5, 0.6) is 5.75 Å². The van der Waals surface area contributed by atoms with Crippen LogP contribution in [-0.4, -0.2) is 18.4 Å². The van der Waals surface area contributed by atoms with Crippen LogP contribution in [0.25, 0.3) is 0 Å². The number of ether oxygens (including phenoxy) is 1. The van der Waals surface area contributed by atoms with Gasteiger partial charge in [-0.2, -0.15) is 0 Å². The van der Waals surface area contributed by atoms with Gasteiger partial charge < -0.3 is 19.8 Å². The first-order valence-electron chi connectivity index (χ1n) is 9.61. The number of carbonyl (C=O) groups is 2. The number of rotatable bonds is 8. The summed E-state index contributed by atoms with van der Waals surface area (Å²) >= 11 is 3.41. The van der Waals surface area contributed by atoms with Gasteiger partial charge in [0.15, 0.2) is 5.76 Å². The molecule has 0 aliphatic rings. The van der Waals surface area contributed by atoms with Crippen LogP contribution in [0, 0.1) is 5.92 Å². The fourth-order valence-corrected chi connectivity index (χ4v) is 3.04. The van der Waals surface area contributed by atoms with Crippen LogP contribution in [0.4, 0.5) is 11.4 Å². The van der Waals surface area contributed by atoms with Gasteiger partial charge in [0.25, 0.3) is 11.8 Å². The van der Waals surface area contributed by atoms with Crippen molar-refractivity contribution in [2.45, 2.75) is 20.3 Å². The Labute approximate surface area is 183 Å². The SMILES string of the molecule is CC(C)CCOc1ccc(Br)cc1C(=O)Nc1cccc(NC(=O)c2ccco2)c1. The van der Waals surface area contributed by atoms with E-state index in [0.29, 0.717) is 35.2 Å². The largest absolute Gasteiger partial charge is 0.493 e. The van der Waals surface area contributed by atoms with Gasteiger partial charge in [-0.3, -0.25) is 9.59 Å². The van der Waals surface area contributed by atoms with E-state index in [1.54, 1.807) is 48.5 Å². The van der Waals surface area contributed by atoms with Crippen molar-refractivity contribution in [1.82, 2.24) is 0 Å². The van der Waals surface area contributed by atoms with Gasteiger partial charge in [0.2, 0.25) is 0 Å². The monoisotopic (exact) mass is 470 g/mol. The third-order valence-electron chi connectivity index (χ3n) is 4.26.